The third-order valence-corrected chi connectivity index (χ3v) is 8.23. The van der Waals surface area contributed by atoms with E-state index in [1.165, 1.54) is 4.90 Å². The Bertz CT molecular complexity index is 1440. The van der Waals surface area contributed by atoms with Crippen molar-refractivity contribution in [2.75, 3.05) is 44.7 Å². The Balaban J connectivity index is 0.00000387. The molecule has 0 unspecified atom stereocenters. The number of rotatable bonds is 8. The molecular formula is C30H31Cl3N4O4. The zero-order chi connectivity index (χ0) is 28.4. The third kappa shape index (κ3) is 6.79. The van der Waals surface area contributed by atoms with Crippen LogP contribution in [0.1, 0.15) is 34.8 Å². The highest BCUT2D eigenvalue weighted by Gasteiger charge is 2.32. The van der Waals surface area contributed by atoms with Gasteiger partial charge < -0.3 is 20.3 Å². The van der Waals surface area contributed by atoms with Gasteiger partial charge in [-0.15, -0.1) is 12.4 Å². The van der Waals surface area contributed by atoms with Crippen LogP contribution < -0.4 is 15.4 Å². The molecule has 5 rings (SSSR count). The maximum Gasteiger partial charge on any atom is 0.265 e. The van der Waals surface area contributed by atoms with Crippen molar-refractivity contribution in [3.63, 3.8) is 0 Å². The highest BCUT2D eigenvalue weighted by atomic mass is 35.5. The average molecular weight is 618 g/mol. The maximum absolute atomic E-state index is 13.7. The van der Waals surface area contributed by atoms with E-state index in [1.54, 1.807) is 42.3 Å². The number of likely N-dealkylation sites (tertiary alicyclic amines) is 1. The molecule has 1 saturated heterocycles. The topological polar surface area (TPSA) is 96.2 Å². The number of carbonyl (C=O) groups excluding carboxylic acids is 3. The molecule has 3 amide bonds. The van der Waals surface area contributed by atoms with E-state index in [4.69, 9.17) is 33.7 Å². The number of nitrogens with zero attached hydrogens (tertiary/aromatic N) is 3. The molecule has 8 nitrogen and oxygen atoms in total. The molecule has 216 valence electrons. The molecule has 0 aromatic heterocycles. The average Bonchev–Trinajstić information content (AvgIpc) is 3.47. The van der Waals surface area contributed by atoms with Crippen molar-refractivity contribution in [3.8, 4) is 16.9 Å². The Morgan fingerprint density at radius 3 is 2.37 bits per heavy atom. The highest BCUT2D eigenvalue weighted by molar-refractivity contribution is 6.42. The molecule has 41 heavy (non-hydrogen) atoms. The summed E-state index contributed by atoms with van der Waals surface area (Å²) in [6.07, 6.45) is 2.25. The van der Waals surface area contributed by atoms with E-state index in [9.17, 15) is 14.4 Å². The SMILES string of the molecule is CN(C(=O)CN1C(=O)COc2cc(Cl)c(Cl)cc21)[C@@H](CN1CCCC1)c1ccc(-c2cccc(C(N)=O)c2)cc1.Cl. The van der Waals surface area contributed by atoms with Crippen LogP contribution in [0.5, 0.6) is 5.75 Å². The lowest BCUT2D eigenvalue weighted by Crippen LogP contribution is -2.47. The molecule has 1 atom stereocenters. The minimum atomic E-state index is -0.476. The number of benzene rings is 3. The van der Waals surface area contributed by atoms with E-state index in [0.717, 1.165) is 42.6 Å². The van der Waals surface area contributed by atoms with E-state index < -0.39 is 5.91 Å². The first-order valence-corrected chi connectivity index (χ1v) is 13.9. The van der Waals surface area contributed by atoms with Gasteiger partial charge in [-0.2, -0.15) is 0 Å². The van der Waals surface area contributed by atoms with Crippen molar-refractivity contribution in [1.82, 2.24) is 9.80 Å². The van der Waals surface area contributed by atoms with E-state index in [1.807, 2.05) is 30.3 Å². The third-order valence-electron chi connectivity index (χ3n) is 7.50. The van der Waals surface area contributed by atoms with Gasteiger partial charge in [-0.3, -0.25) is 19.3 Å². The smallest absolute Gasteiger partial charge is 0.265 e. The number of hydrogen-bond donors (Lipinski definition) is 1. The molecule has 2 aliphatic heterocycles. The van der Waals surface area contributed by atoms with Crippen LogP contribution in [0, 0.1) is 0 Å². The maximum atomic E-state index is 13.7. The molecule has 2 aliphatic rings. The van der Waals surface area contributed by atoms with Crippen molar-refractivity contribution in [1.29, 1.82) is 0 Å². The van der Waals surface area contributed by atoms with Crippen molar-refractivity contribution in [3.05, 3.63) is 81.8 Å². The number of ether oxygens (including phenoxy) is 1. The van der Waals surface area contributed by atoms with Crippen molar-refractivity contribution in [2.24, 2.45) is 5.73 Å². The fourth-order valence-corrected chi connectivity index (χ4v) is 5.51. The van der Waals surface area contributed by atoms with Crippen LogP contribution >= 0.6 is 35.6 Å². The summed E-state index contributed by atoms with van der Waals surface area (Å²) in [6.45, 7) is 2.29. The van der Waals surface area contributed by atoms with Gasteiger partial charge >= 0.3 is 0 Å². The molecule has 11 heteroatoms. The highest BCUT2D eigenvalue weighted by Crippen LogP contribution is 2.39. The summed E-state index contributed by atoms with van der Waals surface area (Å²) < 4.78 is 5.53. The number of carbonyl (C=O) groups is 3. The number of halogens is 3. The second-order valence-electron chi connectivity index (χ2n) is 10.1. The summed E-state index contributed by atoms with van der Waals surface area (Å²) in [5.74, 6) is -0.605. The molecule has 3 aromatic carbocycles. The van der Waals surface area contributed by atoms with E-state index in [-0.39, 0.29) is 48.4 Å². The standard InChI is InChI=1S/C30H30Cl2N4O4.ClH/c1-34(28(37)17-36-25-14-23(31)24(32)15-27(25)40-18-29(36)38)26(16-35-11-2-3-12-35)20-9-7-19(8-10-20)21-5-4-6-22(13-21)30(33)39;/h4-10,13-15,26H,2-3,11-12,16-18H2,1H3,(H2,33,39);1H/t26-;/m0./s1. The summed E-state index contributed by atoms with van der Waals surface area (Å²) in [5.41, 5.74) is 9.11. The van der Waals surface area contributed by atoms with E-state index in [0.29, 0.717) is 28.6 Å². The number of anilines is 1. The molecular weight excluding hydrogens is 587 g/mol. The van der Waals surface area contributed by atoms with Crippen LogP contribution in [-0.2, 0) is 9.59 Å². The second kappa shape index (κ2) is 13.1. The van der Waals surface area contributed by atoms with Crippen molar-refractivity contribution >= 4 is 59.0 Å². The van der Waals surface area contributed by atoms with Gasteiger partial charge in [0.15, 0.2) is 6.61 Å². The van der Waals surface area contributed by atoms with Crippen LogP contribution in [0.25, 0.3) is 11.1 Å². The number of primary amides is 1. The zero-order valence-electron chi connectivity index (χ0n) is 22.5. The van der Waals surface area contributed by atoms with Gasteiger partial charge in [0, 0.05) is 25.2 Å². The van der Waals surface area contributed by atoms with Crippen molar-refractivity contribution in [2.45, 2.75) is 18.9 Å². The first kappa shape index (κ1) is 30.7. The fraction of sp³-hybridized carbons (Fsp3) is 0.300. The first-order valence-electron chi connectivity index (χ1n) is 13.1. The Morgan fingerprint density at radius 2 is 1.68 bits per heavy atom. The number of amides is 3. The predicted molar refractivity (Wildman–Crippen MR) is 163 cm³/mol. The van der Waals surface area contributed by atoms with Gasteiger partial charge in [0.25, 0.3) is 5.91 Å². The molecule has 0 radical (unpaired) electrons. The quantitative estimate of drug-likeness (QED) is 0.375. The second-order valence-corrected chi connectivity index (χ2v) is 10.9. The van der Waals surface area contributed by atoms with Gasteiger partial charge in [-0.25, -0.2) is 0 Å². The Morgan fingerprint density at radius 1 is 1.00 bits per heavy atom. The Hall–Kier alpha value is -3.30. The molecule has 2 heterocycles. The summed E-state index contributed by atoms with van der Waals surface area (Å²) in [4.78, 5) is 43.6. The van der Waals surface area contributed by atoms with Crippen LogP contribution in [0.3, 0.4) is 0 Å². The van der Waals surface area contributed by atoms with Crippen LogP contribution in [0.15, 0.2) is 60.7 Å². The lowest BCUT2D eigenvalue weighted by molar-refractivity contribution is -0.133. The largest absolute Gasteiger partial charge is 0.482 e. The van der Waals surface area contributed by atoms with Crippen LogP contribution in [0.4, 0.5) is 5.69 Å². The Kier molecular flexibility index (Phi) is 9.81. The van der Waals surface area contributed by atoms with Crippen LogP contribution in [0.2, 0.25) is 10.0 Å². The molecule has 1 fully saturated rings. The molecule has 0 aliphatic carbocycles. The fourth-order valence-electron chi connectivity index (χ4n) is 5.20. The monoisotopic (exact) mass is 616 g/mol. The minimum absolute atomic E-state index is 0. The lowest BCUT2D eigenvalue weighted by Gasteiger charge is -2.35. The number of fused-ring (bicyclic) bond motifs is 1. The summed E-state index contributed by atoms with van der Waals surface area (Å²) in [6, 6.07) is 18.0. The molecule has 0 spiro atoms. The summed E-state index contributed by atoms with van der Waals surface area (Å²) in [7, 11) is 1.77. The summed E-state index contributed by atoms with van der Waals surface area (Å²) in [5, 5.41) is 0.589. The predicted octanol–water partition coefficient (Wildman–Crippen LogP) is 5.20. The van der Waals surface area contributed by atoms with Gasteiger partial charge in [0.2, 0.25) is 11.8 Å². The molecule has 2 N–H and O–H groups in total. The van der Waals surface area contributed by atoms with Gasteiger partial charge in [0.05, 0.1) is 21.8 Å². The lowest BCUT2D eigenvalue weighted by atomic mass is 9.98. The number of nitrogens with two attached hydrogens (primary N) is 1. The van der Waals surface area contributed by atoms with Crippen LogP contribution in [-0.4, -0.2) is 67.4 Å². The summed E-state index contributed by atoms with van der Waals surface area (Å²) >= 11 is 12.3. The van der Waals surface area contributed by atoms with Gasteiger partial charge in [-0.05, 0) is 60.8 Å². The Labute approximate surface area is 255 Å². The number of likely N-dealkylation sites (N-methyl/N-ethyl adjacent to an activating group) is 1. The van der Waals surface area contributed by atoms with E-state index in [2.05, 4.69) is 4.90 Å². The van der Waals surface area contributed by atoms with Crippen molar-refractivity contribution < 1.29 is 19.1 Å². The molecule has 0 bridgehead atoms. The van der Waals surface area contributed by atoms with E-state index >= 15 is 0 Å². The number of hydrogen-bond acceptors (Lipinski definition) is 5. The zero-order valence-corrected chi connectivity index (χ0v) is 24.8. The van der Waals surface area contributed by atoms with Gasteiger partial charge in [-0.1, -0.05) is 59.6 Å². The van der Waals surface area contributed by atoms with Gasteiger partial charge in [0.1, 0.15) is 12.3 Å². The normalized spacial score (nSPS) is 15.5. The minimum Gasteiger partial charge on any atom is -0.482 e. The molecule has 0 saturated carbocycles. The molecule has 3 aromatic rings. The first-order chi connectivity index (χ1) is 19.2.